The van der Waals surface area contributed by atoms with Crippen molar-refractivity contribution in [3.63, 3.8) is 0 Å². The van der Waals surface area contributed by atoms with Gasteiger partial charge in [-0.25, -0.2) is 0 Å². The van der Waals surface area contributed by atoms with Gasteiger partial charge in [0.2, 0.25) is 5.91 Å². The molecular formula is C15H19N5O2. The van der Waals surface area contributed by atoms with Crippen LogP contribution in [0.25, 0.3) is 0 Å². The number of hydrogen-bond donors (Lipinski definition) is 3. The van der Waals surface area contributed by atoms with E-state index in [1.807, 2.05) is 0 Å². The van der Waals surface area contributed by atoms with E-state index in [4.69, 9.17) is 5.73 Å². The lowest BCUT2D eigenvalue weighted by molar-refractivity contribution is -0.119. The van der Waals surface area contributed by atoms with Crippen LogP contribution in [0.2, 0.25) is 0 Å². The number of hydrogen-bond acceptors (Lipinski definition) is 4. The topological polar surface area (TPSA) is 102 Å². The van der Waals surface area contributed by atoms with E-state index in [1.54, 1.807) is 54.3 Å². The van der Waals surface area contributed by atoms with Crippen molar-refractivity contribution in [2.45, 2.75) is 13.0 Å². The number of aromatic nitrogens is 2. The van der Waals surface area contributed by atoms with E-state index < -0.39 is 6.04 Å². The molecule has 1 aromatic heterocycles. The van der Waals surface area contributed by atoms with Crippen molar-refractivity contribution < 1.29 is 9.59 Å². The second-order valence-corrected chi connectivity index (χ2v) is 4.74. The van der Waals surface area contributed by atoms with Crippen molar-refractivity contribution in [2.24, 2.45) is 5.73 Å². The molecule has 0 aliphatic heterocycles. The summed E-state index contributed by atoms with van der Waals surface area (Å²) in [5.74, 6) is -0.518. The summed E-state index contributed by atoms with van der Waals surface area (Å²) in [4.78, 5) is 24.3. The summed E-state index contributed by atoms with van der Waals surface area (Å²) in [6, 6.07) is 8.11. The highest BCUT2D eigenvalue weighted by molar-refractivity contribution is 6.04. The molecule has 1 atom stereocenters. The lowest BCUT2D eigenvalue weighted by Crippen LogP contribution is -2.30. The van der Waals surface area contributed by atoms with Crippen LogP contribution < -0.4 is 16.4 Å². The van der Waals surface area contributed by atoms with Crippen molar-refractivity contribution in [1.82, 2.24) is 15.1 Å². The fraction of sp³-hybridized carbons (Fsp3) is 0.267. The molecule has 7 nitrogen and oxygen atoms in total. The molecule has 0 spiro atoms. The molecule has 7 heteroatoms. The number of nitrogens with zero attached hydrogens (tertiary/aromatic N) is 2. The van der Waals surface area contributed by atoms with Gasteiger partial charge < -0.3 is 16.4 Å². The van der Waals surface area contributed by atoms with E-state index in [-0.39, 0.29) is 11.8 Å². The number of amides is 2. The van der Waals surface area contributed by atoms with Crippen LogP contribution in [0.1, 0.15) is 23.3 Å². The summed E-state index contributed by atoms with van der Waals surface area (Å²) in [5, 5.41) is 9.49. The Morgan fingerprint density at radius 3 is 2.77 bits per heavy atom. The molecule has 2 rings (SSSR count). The Morgan fingerprint density at radius 1 is 1.32 bits per heavy atom. The fourth-order valence-electron chi connectivity index (χ4n) is 1.94. The molecule has 0 bridgehead atoms. The van der Waals surface area contributed by atoms with Gasteiger partial charge >= 0.3 is 0 Å². The number of nitrogens with one attached hydrogen (secondary N) is 2. The van der Waals surface area contributed by atoms with Crippen molar-refractivity contribution in [3.05, 3.63) is 48.3 Å². The zero-order valence-corrected chi connectivity index (χ0v) is 12.3. The number of carbonyl (C=O) groups is 2. The van der Waals surface area contributed by atoms with Gasteiger partial charge in [-0.05, 0) is 25.1 Å². The zero-order chi connectivity index (χ0) is 15.9. The van der Waals surface area contributed by atoms with E-state index in [1.165, 1.54) is 0 Å². The van der Waals surface area contributed by atoms with Crippen LogP contribution in [0.5, 0.6) is 0 Å². The molecule has 0 aliphatic rings. The minimum Gasteiger partial charge on any atom is -0.351 e. The summed E-state index contributed by atoms with van der Waals surface area (Å²) >= 11 is 0. The van der Waals surface area contributed by atoms with E-state index in [0.717, 1.165) is 0 Å². The lowest BCUT2D eigenvalue weighted by Gasteiger charge is -2.15. The van der Waals surface area contributed by atoms with Crippen molar-refractivity contribution in [3.8, 4) is 0 Å². The summed E-state index contributed by atoms with van der Waals surface area (Å²) in [6.45, 7) is 2.47. The van der Waals surface area contributed by atoms with E-state index >= 15 is 0 Å². The summed E-state index contributed by atoms with van der Waals surface area (Å²) in [7, 11) is 0. The molecule has 22 heavy (non-hydrogen) atoms. The van der Waals surface area contributed by atoms with Crippen LogP contribution in [-0.2, 0) is 4.79 Å². The van der Waals surface area contributed by atoms with E-state index in [9.17, 15) is 9.59 Å². The maximum absolute atomic E-state index is 12.3. The Labute approximate surface area is 128 Å². The molecule has 1 heterocycles. The summed E-state index contributed by atoms with van der Waals surface area (Å²) in [6.07, 6.45) is 3.32. The van der Waals surface area contributed by atoms with Crippen LogP contribution in [0.15, 0.2) is 42.7 Å². The Kier molecular flexibility index (Phi) is 5.26. The second-order valence-electron chi connectivity index (χ2n) is 4.74. The first kappa shape index (κ1) is 15.7. The highest BCUT2D eigenvalue weighted by Crippen LogP contribution is 2.17. The van der Waals surface area contributed by atoms with Gasteiger partial charge in [0.05, 0.1) is 11.3 Å². The molecule has 2 aromatic rings. The number of rotatable bonds is 6. The number of anilines is 1. The Hall–Kier alpha value is -2.67. The number of nitrogens with two attached hydrogens (primary N) is 1. The number of benzene rings is 1. The predicted octanol–water partition coefficient (Wildman–Crippen LogP) is 0.771. The van der Waals surface area contributed by atoms with E-state index in [0.29, 0.717) is 24.3 Å². The van der Waals surface area contributed by atoms with Gasteiger partial charge in [0, 0.05) is 25.5 Å². The van der Waals surface area contributed by atoms with Crippen molar-refractivity contribution in [1.29, 1.82) is 0 Å². The number of para-hydroxylation sites is 1. The van der Waals surface area contributed by atoms with Crippen molar-refractivity contribution >= 4 is 17.5 Å². The molecule has 0 aliphatic carbocycles. The van der Waals surface area contributed by atoms with Gasteiger partial charge in [0.1, 0.15) is 6.04 Å². The molecule has 4 N–H and O–H groups in total. The third-order valence-electron chi connectivity index (χ3n) is 3.16. The average Bonchev–Trinajstić information content (AvgIpc) is 3.06. The summed E-state index contributed by atoms with van der Waals surface area (Å²) < 4.78 is 1.55. The molecular weight excluding hydrogens is 282 g/mol. The third kappa shape index (κ3) is 3.70. The monoisotopic (exact) mass is 301 g/mol. The molecule has 0 saturated heterocycles. The van der Waals surface area contributed by atoms with Crippen LogP contribution in [0.3, 0.4) is 0 Å². The molecule has 116 valence electrons. The molecule has 1 unspecified atom stereocenters. The Morgan fingerprint density at radius 2 is 2.09 bits per heavy atom. The maximum atomic E-state index is 12.3. The Bertz CT molecular complexity index is 639. The molecule has 1 aromatic carbocycles. The second kappa shape index (κ2) is 7.37. The zero-order valence-electron chi connectivity index (χ0n) is 12.3. The van der Waals surface area contributed by atoms with E-state index in [2.05, 4.69) is 15.7 Å². The lowest BCUT2D eigenvalue weighted by atomic mass is 10.1. The van der Waals surface area contributed by atoms with Crippen LogP contribution >= 0.6 is 0 Å². The highest BCUT2D eigenvalue weighted by atomic mass is 16.2. The smallest absolute Gasteiger partial charge is 0.253 e. The minimum absolute atomic E-state index is 0.247. The Balaban J connectivity index is 2.12. The predicted molar refractivity (Wildman–Crippen MR) is 83.4 cm³/mol. The van der Waals surface area contributed by atoms with Crippen molar-refractivity contribution in [2.75, 3.05) is 18.4 Å². The maximum Gasteiger partial charge on any atom is 0.253 e. The van der Waals surface area contributed by atoms with Gasteiger partial charge in [-0.2, -0.15) is 5.10 Å². The highest BCUT2D eigenvalue weighted by Gasteiger charge is 2.18. The summed E-state index contributed by atoms with van der Waals surface area (Å²) in [5.41, 5.74) is 6.23. The van der Waals surface area contributed by atoms with Crippen LogP contribution in [-0.4, -0.2) is 34.7 Å². The molecule has 2 amide bonds. The SMILES string of the molecule is CC(C(=O)Nc1ccccc1C(=O)NCCN)n1cccn1. The quantitative estimate of drug-likeness (QED) is 0.733. The van der Waals surface area contributed by atoms with Gasteiger partial charge in [0.25, 0.3) is 5.91 Å². The molecule has 0 saturated carbocycles. The van der Waals surface area contributed by atoms with Gasteiger partial charge in [-0.15, -0.1) is 0 Å². The third-order valence-corrected chi connectivity index (χ3v) is 3.16. The van der Waals surface area contributed by atoms with Crippen LogP contribution in [0, 0.1) is 0 Å². The van der Waals surface area contributed by atoms with Gasteiger partial charge in [0.15, 0.2) is 0 Å². The first-order chi connectivity index (χ1) is 10.6. The molecule has 0 fully saturated rings. The first-order valence-corrected chi connectivity index (χ1v) is 7.00. The fourth-order valence-corrected chi connectivity index (χ4v) is 1.94. The minimum atomic E-state index is -0.477. The van der Waals surface area contributed by atoms with Gasteiger partial charge in [-0.3, -0.25) is 14.3 Å². The first-order valence-electron chi connectivity index (χ1n) is 7.00. The van der Waals surface area contributed by atoms with Gasteiger partial charge in [-0.1, -0.05) is 12.1 Å². The standard InChI is InChI=1S/C15H19N5O2/c1-11(20-10-4-8-18-20)14(21)19-13-6-3-2-5-12(13)15(22)17-9-7-16/h2-6,8,10-11H,7,9,16H2,1H3,(H,17,22)(H,19,21). The molecule has 0 radical (unpaired) electrons. The normalized spacial score (nSPS) is 11.7. The van der Waals surface area contributed by atoms with Crippen LogP contribution in [0.4, 0.5) is 5.69 Å². The number of carbonyl (C=O) groups excluding carboxylic acids is 2. The largest absolute Gasteiger partial charge is 0.351 e. The average molecular weight is 301 g/mol.